The van der Waals surface area contributed by atoms with Gasteiger partial charge in [0.25, 0.3) is 0 Å². The molecule has 4 nitrogen and oxygen atoms in total. The topological polar surface area (TPSA) is 52.3 Å². The van der Waals surface area contributed by atoms with Gasteiger partial charge in [-0.3, -0.25) is 4.79 Å². The number of hydrogen-bond acceptors (Lipinski definition) is 4. The summed E-state index contributed by atoms with van der Waals surface area (Å²) >= 11 is 0. The number of oxazole rings is 1. The minimum absolute atomic E-state index is 0.0253. The fourth-order valence-electron chi connectivity index (χ4n) is 2.45. The summed E-state index contributed by atoms with van der Waals surface area (Å²) in [4.78, 5) is 16.4. The lowest BCUT2D eigenvalue weighted by atomic mass is 10.1. The molecule has 4 heteroatoms. The van der Waals surface area contributed by atoms with Gasteiger partial charge in [-0.1, -0.05) is 6.92 Å². The molecule has 1 unspecified atom stereocenters. The van der Waals surface area contributed by atoms with E-state index in [9.17, 15) is 4.79 Å². The second kappa shape index (κ2) is 3.32. The standard InChI is InChI=1S/C13H13NO3/c1-6-4-8-9(12(6)15)5-10(16-3)13-11(8)14-7(2)17-13/h5-6H,4H2,1-3H3. The number of carbonyl (C=O) groups excluding carboxylic acids is 1. The molecule has 1 heterocycles. The first kappa shape index (κ1) is 10.3. The van der Waals surface area contributed by atoms with Gasteiger partial charge in [-0.25, -0.2) is 4.98 Å². The largest absolute Gasteiger partial charge is 0.493 e. The molecule has 0 N–H and O–H groups in total. The number of nitrogens with zero attached hydrogens (tertiary/aromatic N) is 1. The summed E-state index contributed by atoms with van der Waals surface area (Å²) in [7, 11) is 1.57. The van der Waals surface area contributed by atoms with E-state index in [2.05, 4.69) is 4.98 Å². The molecule has 0 aliphatic heterocycles. The van der Waals surface area contributed by atoms with Crippen LogP contribution in [0.2, 0.25) is 0 Å². The second-order valence-corrected chi connectivity index (χ2v) is 4.48. The molecule has 1 aromatic carbocycles. The van der Waals surface area contributed by atoms with Crippen molar-refractivity contribution in [2.24, 2.45) is 5.92 Å². The van der Waals surface area contributed by atoms with Crippen LogP contribution in [0.15, 0.2) is 10.5 Å². The number of hydrogen-bond donors (Lipinski definition) is 0. The molecular weight excluding hydrogens is 218 g/mol. The first-order chi connectivity index (χ1) is 8.11. The maximum Gasteiger partial charge on any atom is 0.196 e. The molecule has 17 heavy (non-hydrogen) atoms. The molecule has 3 rings (SSSR count). The quantitative estimate of drug-likeness (QED) is 0.756. The van der Waals surface area contributed by atoms with Crippen LogP contribution in [0.4, 0.5) is 0 Å². The van der Waals surface area contributed by atoms with Crippen molar-refractivity contribution in [1.29, 1.82) is 0 Å². The summed E-state index contributed by atoms with van der Waals surface area (Å²) < 4.78 is 10.8. The highest BCUT2D eigenvalue weighted by Gasteiger charge is 2.31. The van der Waals surface area contributed by atoms with Crippen LogP contribution in [0.5, 0.6) is 5.75 Å². The summed E-state index contributed by atoms with van der Waals surface area (Å²) in [5, 5.41) is 0. The van der Waals surface area contributed by atoms with Crippen molar-refractivity contribution in [3.8, 4) is 5.75 Å². The molecule has 0 radical (unpaired) electrons. The molecule has 0 saturated heterocycles. The maximum absolute atomic E-state index is 12.0. The molecule has 88 valence electrons. The Morgan fingerprint density at radius 3 is 3.00 bits per heavy atom. The molecule has 0 bridgehead atoms. The van der Waals surface area contributed by atoms with Crippen molar-refractivity contribution in [2.45, 2.75) is 20.3 Å². The van der Waals surface area contributed by atoms with Crippen LogP contribution in [-0.4, -0.2) is 17.9 Å². The van der Waals surface area contributed by atoms with E-state index in [-0.39, 0.29) is 11.7 Å². The summed E-state index contributed by atoms with van der Waals surface area (Å²) in [5.74, 6) is 1.37. The van der Waals surface area contributed by atoms with Gasteiger partial charge in [0.2, 0.25) is 0 Å². The third kappa shape index (κ3) is 1.30. The zero-order valence-electron chi connectivity index (χ0n) is 10.0. The van der Waals surface area contributed by atoms with Gasteiger partial charge in [0, 0.05) is 18.4 Å². The van der Waals surface area contributed by atoms with Crippen molar-refractivity contribution in [3.05, 3.63) is 23.1 Å². The monoisotopic (exact) mass is 231 g/mol. The van der Waals surface area contributed by atoms with Gasteiger partial charge in [-0.2, -0.15) is 0 Å². The lowest BCUT2D eigenvalue weighted by molar-refractivity contribution is 0.0946. The van der Waals surface area contributed by atoms with Crippen molar-refractivity contribution < 1.29 is 13.9 Å². The van der Waals surface area contributed by atoms with Crippen molar-refractivity contribution in [3.63, 3.8) is 0 Å². The number of methoxy groups -OCH3 is 1. The summed E-state index contributed by atoms with van der Waals surface area (Å²) in [6.45, 7) is 3.74. The number of rotatable bonds is 1. The molecule has 0 spiro atoms. The lowest BCUT2D eigenvalue weighted by Gasteiger charge is -2.03. The van der Waals surface area contributed by atoms with Crippen molar-refractivity contribution in [1.82, 2.24) is 4.98 Å². The highest BCUT2D eigenvalue weighted by molar-refractivity contribution is 6.07. The summed E-state index contributed by atoms with van der Waals surface area (Å²) in [6.07, 6.45) is 0.737. The van der Waals surface area contributed by atoms with Gasteiger partial charge >= 0.3 is 0 Å². The van der Waals surface area contributed by atoms with Crippen LogP contribution in [-0.2, 0) is 6.42 Å². The van der Waals surface area contributed by atoms with Crippen LogP contribution in [0.3, 0.4) is 0 Å². The Hall–Kier alpha value is -1.84. The first-order valence-electron chi connectivity index (χ1n) is 5.63. The average molecular weight is 231 g/mol. The lowest BCUT2D eigenvalue weighted by Crippen LogP contribution is -2.03. The Morgan fingerprint density at radius 2 is 2.29 bits per heavy atom. The van der Waals surface area contributed by atoms with Gasteiger partial charge in [-0.05, 0) is 18.1 Å². The van der Waals surface area contributed by atoms with Crippen LogP contribution in [0.1, 0.15) is 28.7 Å². The number of ketones is 1. The normalized spacial score (nSPS) is 18.8. The van der Waals surface area contributed by atoms with Crippen LogP contribution >= 0.6 is 0 Å². The van der Waals surface area contributed by atoms with Crippen LogP contribution in [0, 0.1) is 12.8 Å². The second-order valence-electron chi connectivity index (χ2n) is 4.48. The van der Waals surface area contributed by atoms with E-state index in [0.717, 1.165) is 23.1 Å². The molecule has 1 aliphatic rings. The number of fused-ring (bicyclic) bond motifs is 3. The number of Topliss-reactive ketones (excluding diaryl/α,β-unsaturated/α-hetero) is 1. The molecular formula is C13H13NO3. The van der Waals surface area contributed by atoms with E-state index >= 15 is 0 Å². The average Bonchev–Trinajstić information content (AvgIpc) is 2.81. The van der Waals surface area contributed by atoms with E-state index in [0.29, 0.717) is 17.2 Å². The zero-order valence-corrected chi connectivity index (χ0v) is 10.0. The molecule has 1 aromatic heterocycles. The van der Waals surface area contributed by atoms with Gasteiger partial charge in [0.05, 0.1) is 7.11 Å². The fourth-order valence-corrected chi connectivity index (χ4v) is 2.45. The van der Waals surface area contributed by atoms with Crippen molar-refractivity contribution in [2.75, 3.05) is 7.11 Å². The van der Waals surface area contributed by atoms with E-state index in [1.54, 1.807) is 20.1 Å². The SMILES string of the molecule is COc1cc2c(c3nc(C)oc13)CC(C)C2=O. The van der Waals surface area contributed by atoms with Gasteiger partial charge in [0.15, 0.2) is 23.0 Å². The predicted molar refractivity (Wildman–Crippen MR) is 62.5 cm³/mol. The van der Waals surface area contributed by atoms with Gasteiger partial charge in [-0.15, -0.1) is 0 Å². The Labute approximate surface area is 98.6 Å². The number of carbonyl (C=O) groups is 1. The smallest absolute Gasteiger partial charge is 0.196 e. The molecule has 1 atom stereocenters. The maximum atomic E-state index is 12.0. The van der Waals surface area contributed by atoms with E-state index in [1.807, 2.05) is 6.92 Å². The van der Waals surface area contributed by atoms with Crippen LogP contribution in [0.25, 0.3) is 11.1 Å². The Morgan fingerprint density at radius 1 is 1.53 bits per heavy atom. The molecule has 2 aromatic rings. The summed E-state index contributed by atoms with van der Waals surface area (Å²) in [6, 6.07) is 1.77. The molecule has 1 aliphatic carbocycles. The predicted octanol–water partition coefficient (Wildman–Crippen LogP) is 2.52. The van der Waals surface area contributed by atoms with E-state index in [1.165, 1.54) is 0 Å². The molecule has 0 amide bonds. The highest BCUT2D eigenvalue weighted by Crippen LogP contribution is 2.38. The Bertz CT molecular complexity index is 627. The number of ether oxygens (including phenoxy) is 1. The fraction of sp³-hybridized carbons (Fsp3) is 0.385. The Kier molecular flexibility index (Phi) is 2.02. The number of aryl methyl sites for hydroxylation is 1. The Balaban J connectivity index is 2.39. The molecule has 0 saturated carbocycles. The van der Waals surface area contributed by atoms with Crippen molar-refractivity contribution >= 4 is 16.9 Å². The van der Waals surface area contributed by atoms with E-state index in [4.69, 9.17) is 9.15 Å². The minimum Gasteiger partial charge on any atom is -0.493 e. The first-order valence-corrected chi connectivity index (χ1v) is 5.63. The molecule has 0 fully saturated rings. The third-order valence-corrected chi connectivity index (χ3v) is 3.29. The van der Waals surface area contributed by atoms with E-state index < -0.39 is 0 Å². The summed E-state index contributed by atoms with van der Waals surface area (Å²) in [5.41, 5.74) is 3.14. The minimum atomic E-state index is 0.0253. The van der Waals surface area contributed by atoms with Gasteiger partial charge in [0.1, 0.15) is 5.52 Å². The third-order valence-electron chi connectivity index (χ3n) is 3.29. The number of benzene rings is 1. The van der Waals surface area contributed by atoms with Crippen LogP contribution < -0.4 is 4.74 Å². The highest BCUT2D eigenvalue weighted by atomic mass is 16.5. The zero-order chi connectivity index (χ0) is 12.2. The van der Waals surface area contributed by atoms with Gasteiger partial charge < -0.3 is 9.15 Å². The number of aromatic nitrogens is 1.